The second-order valence-electron chi connectivity index (χ2n) is 5.47. The summed E-state index contributed by atoms with van der Waals surface area (Å²) in [5, 5.41) is 0. The molecule has 0 bridgehead atoms. The molecule has 0 aromatic rings. The molecule has 1 aliphatic carbocycles. The van der Waals surface area contributed by atoms with E-state index in [1.54, 1.807) is 5.57 Å². The lowest BCUT2D eigenvalue weighted by atomic mass is 9.68. The van der Waals surface area contributed by atoms with E-state index in [1.807, 2.05) is 0 Å². The van der Waals surface area contributed by atoms with Gasteiger partial charge in [-0.2, -0.15) is 0 Å². The fraction of sp³-hybridized carbons (Fsp3) is 0.857. The molecule has 1 aliphatic heterocycles. The highest BCUT2D eigenvalue weighted by molar-refractivity contribution is 5.16. The average Bonchev–Trinajstić information content (AvgIpc) is 2.57. The summed E-state index contributed by atoms with van der Waals surface area (Å²) in [5.74, 6) is 2.25. The van der Waals surface area contributed by atoms with Crippen LogP contribution < -0.4 is 0 Å². The Hall–Kier alpha value is -0.300. The van der Waals surface area contributed by atoms with Gasteiger partial charge in [0.25, 0.3) is 0 Å². The minimum atomic E-state index is 0.153. The highest BCUT2D eigenvalue weighted by atomic mass is 16.5. The van der Waals surface area contributed by atoms with E-state index in [-0.39, 0.29) is 5.60 Å². The molecule has 2 rings (SSSR count). The van der Waals surface area contributed by atoms with Gasteiger partial charge in [0.05, 0.1) is 12.2 Å². The van der Waals surface area contributed by atoms with Gasteiger partial charge in [0.2, 0.25) is 0 Å². The molecule has 1 nitrogen and oxygen atoms in total. The van der Waals surface area contributed by atoms with Crippen LogP contribution in [0.1, 0.15) is 47.0 Å². The number of hydrogen-bond donors (Lipinski definition) is 0. The molecular weight excluding hydrogens is 184 g/mol. The first kappa shape index (κ1) is 11.2. The highest BCUT2D eigenvalue weighted by Gasteiger charge is 2.49. The number of rotatable bonds is 2. The first-order chi connectivity index (χ1) is 7.13. The molecule has 15 heavy (non-hydrogen) atoms. The summed E-state index contributed by atoms with van der Waals surface area (Å²) in [5.41, 5.74) is 1.72. The van der Waals surface area contributed by atoms with Gasteiger partial charge in [-0.3, -0.25) is 0 Å². The van der Waals surface area contributed by atoms with Crippen LogP contribution in [0.15, 0.2) is 11.6 Å². The third kappa shape index (κ3) is 1.65. The quantitative estimate of drug-likeness (QED) is 0.627. The molecular formula is C14H24O. The van der Waals surface area contributed by atoms with Crippen molar-refractivity contribution in [3.63, 3.8) is 0 Å². The van der Waals surface area contributed by atoms with E-state index >= 15 is 0 Å². The van der Waals surface area contributed by atoms with Crippen molar-refractivity contribution in [3.8, 4) is 0 Å². The van der Waals surface area contributed by atoms with Crippen molar-refractivity contribution in [2.45, 2.75) is 52.6 Å². The normalized spacial score (nSPS) is 38.7. The Morgan fingerprint density at radius 1 is 1.40 bits per heavy atom. The van der Waals surface area contributed by atoms with E-state index in [9.17, 15) is 0 Å². The Kier molecular flexibility index (Phi) is 2.94. The lowest BCUT2D eigenvalue weighted by Crippen LogP contribution is -2.37. The molecule has 0 spiro atoms. The van der Waals surface area contributed by atoms with Crippen LogP contribution in [0.5, 0.6) is 0 Å². The van der Waals surface area contributed by atoms with Gasteiger partial charge in [-0.1, -0.05) is 32.4 Å². The molecule has 0 aromatic heterocycles. The summed E-state index contributed by atoms with van der Waals surface area (Å²) in [4.78, 5) is 0. The Morgan fingerprint density at radius 3 is 2.67 bits per heavy atom. The third-order valence-electron chi connectivity index (χ3n) is 4.67. The van der Waals surface area contributed by atoms with E-state index in [4.69, 9.17) is 4.74 Å². The molecule has 2 aliphatic rings. The van der Waals surface area contributed by atoms with E-state index in [2.05, 4.69) is 33.8 Å². The first-order valence-electron chi connectivity index (χ1n) is 6.44. The van der Waals surface area contributed by atoms with E-state index in [0.29, 0.717) is 5.92 Å². The molecule has 0 N–H and O–H groups in total. The number of fused-ring (bicyclic) bond motifs is 1. The Labute approximate surface area is 93.9 Å². The molecule has 86 valence electrons. The Balaban J connectivity index is 2.30. The van der Waals surface area contributed by atoms with Crippen LogP contribution >= 0.6 is 0 Å². The second kappa shape index (κ2) is 3.93. The zero-order valence-electron chi connectivity index (χ0n) is 10.5. The summed E-state index contributed by atoms with van der Waals surface area (Å²) in [6.45, 7) is 10.2. The summed E-state index contributed by atoms with van der Waals surface area (Å²) in [7, 11) is 0. The SMILES string of the molecule is CCC1(CC)OCC2C(C)CC(C)=CC21. The Morgan fingerprint density at radius 2 is 2.07 bits per heavy atom. The van der Waals surface area contributed by atoms with Crippen molar-refractivity contribution in [1.82, 2.24) is 0 Å². The largest absolute Gasteiger partial charge is 0.374 e. The van der Waals surface area contributed by atoms with Crippen molar-refractivity contribution >= 4 is 0 Å². The minimum absolute atomic E-state index is 0.153. The summed E-state index contributed by atoms with van der Waals surface area (Å²) < 4.78 is 6.16. The molecule has 1 heteroatoms. The van der Waals surface area contributed by atoms with Crippen LogP contribution in [0.2, 0.25) is 0 Å². The predicted molar refractivity (Wildman–Crippen MR) is 63.8 cm³/mol. The maximum Gasteiger partial charge on any atom is 0.0743 e. The molecule has 0 radical (unpaired) electrons. The van der Waals surface area contributed by atoms with Crippen LogP contribution in [0, 0.1) is 17.8 Å². The van der Waals surface area contributed by atoms with Crippen molar-refractivity contribution in [1.29, 1.82) is 0 Å². The van der Waals surface area contributed by atoms with Gasteiger partial charge >= 0.3 is 0 Å². The summed E-state index contributed by atoms with van der Waals surface area (Å²) in [6.07, 6.45) is 6.08. The van der Waals surface area contributed by atoms with Gasteiger partial charge in [0.15, 0.2) is 0 Å². The van der Waals surface area contributed by atoms with Crippen LogP contribution in [-0.4, -0.2) is 12.2 Å². The molecule has 1 saturated heterocycles. The van der Waals surface area contributed by atoms with Crippen LogP contribution in [0.25, 0.3) is 0 Å². The number of hydrogen-bond acceptors (Lipinski definition) is 1. The zero-order valence-corrected chi connectivity index (χ0v) is 10.5. The van der Waals surface area contributed by atoms with Gasteiger partial charge in [0.1, 0.15) is 0 Å². The fourth-order valence-corrected chi connectivity index (χ4v) is 3.61. The maximum absolute atomic E-state index is 6.16. The molecule has 0 amide bonds. The van der Waals surface area contributed by atoms with Crippen molar-refractivity contribution in [3.05, 3.63) is 11.6 Å². The van der Waals surface area contributed by atoms with Gasteiger partial charge in [-0.25, -0.2) is 0 Å². The van der Waals surface area contributed by atoms with Gasteiger partial charge in [0, 0.05) is 5.92 Å². The zero-order chi connectivity index (χ0) is 11.1. The predicted octanol–water partition coefficient (Wildman–Crippen LogP) is 3.79. The van der Waals surface area contributed by atoms with E-state index in [0.717, 1.165) is 31.3 Å². The lowest BCUT2D eigenvalue weighted by Gasteiger charge is -2.37. The van der Waals surface area contributed by atoms with Crippen molar-refractivity contribution in [2.75, 3.05) is 6.61 Å². The number of allylic oxidation sites excluding steroid dienone is 1. The molecule has 1 heterocycles. The van der Waals surface area contributed by atoms with Crippen LogP contribution in [0.4, 0.5) is 0 Å². The smallest absolute Gasteiger partial charge is 0.0743 e. The maximum atomic E-state index is 6.16. The Bertz CT molecular complexity index is 263. The van der Waals surface area contributed by atoms with Crippen LogP contribution in [0.3, 0.4) is 0 Å². The minimum Gasteiger partial charge on any atom is -0.374 e. The average molecular weight is 208 g/mol. The van der Waals surface area contributed by atoms with Gasteiger partial charge < -0.3 is 4.74 Å². The topological polar surface area (TPSA) is 9.23 Å². The molecule has 3 unspecified atom stereocenters. The van der Waals surface area contributed by atoms with Crippen LogP contribution in [-0.2, 0) is 4.74 Å². The summed E-state index contributed by atoms with van der Waals surface area (Å²) >= 11 is 0. The third-order valence-corrected chi connectivity index (χ3v) is 4.67. The van der Waals surface area contributed by atoms with Gasteiger partial charge in [-0.05, 0) is 38.0 Å². The summed E-state index contributed by atoms with van der Waals surface area (Å²) in [6, 6.07) is 0. The molecule has 1 fully saturated rings. The standard InChI is InChI=1S/C14H24O/c1-5-14(6-2)13-8-10(3)7-11(4)12(13)9-15-14/h8,11-13H,5-7,9H2,1-4H3. The number of ether oxygens (including phenoxy) is 1. The molecule has 0 saturated carbocycles. The van der Waals surface area contributed by atoms with Gasteiger partial charge in [-0.15, -0.1) is 0 Å². The van der Waals surface area contributed by atoms with E-state index in [1.165, 1.54) is 6.42 Å². The van der Waals surface area contributed by atoms with E-state index < -0.39 is 0 Å². The highest BCUT2D eigenvalue weighted by Crippen LogP contribution is 2.49. The monoisotopic (exact) mass is 208 g/mol. The van der Waals surface area contributed by atoms with Crippen molar-refractivity contribution in [2.24, 2.45) is 17.8 Å². The molecule has 3 atom stereocenters. The molecule has 0 aromatic carbocycles. The fourth-order valence-electron chi connectivity index (χ4n) is 3.61. The second-order valence-corrected chi connectivity index (χ2v) is 5.47. The first-order valence-corrected chi connectivity index (χ1v) is 6.44. The van der Waals surface area contributed by atoms with Crippen molar-refractivity contribution < 1.29 is 4.74 Å². The lowest BCUT2D eigenvalue weighted by molar-refractivity contribution is -0.0182.